The van der Waals surface area contributed by atoms with Gasteiger partial charge in [0.2, 0.25) is 0 Å². The third-order valence-electron chi connectivity index (χ3n) is 1.72. The summed E-state index contributed by atoms with van der Waals surface area (Å²) in [6.45, 7) is 1.21. The molecule has 0 spiro atoms. The SMILES string of the molecule is CCC(=O)C(C([NH-])=O)(C(=O)O)C(=O)O.[CH3-].[Y].[Y].[Y]. The fourth-order valence-electron chi connectivity index (χ4n) is 0.916. The van der Waals surface area contributed by atoms with E-state index in [2.05, 4.69) is 0 Å². The van der Waals surface area contributed by atoms with Gasteiger partial charge in [0.05, 0.1) is 5.91 Å². The van der Waals surface area contributed by atoms with Crippen molar-refractivity contribution in [3.63, 3.8) is 0 Å². The number of carbonyl (C=O) groups is 4. The average Bonchev–Trinajstić information content (AvgIpc) is 2.02. The number of carbonyl (C=O) groups excluding carboxylic acids is 2. The number of amides is 1. The van der Waals surface area contributed by atoms with Gasteiger partial charge in [-0.25, -0.2) is 0 Å². The molecule has 0 aromatic carbocycles. The molecule has 0 saturated carbocycles. The molecule has 7 nitrogen and oxygen atoms in total. The summed E-state index contributed by atoms with van der Waals surface area (Å²) in [4.78, 5) is 42.8. The molecule has 0 aliphatic heterocycles. The van der Waals surface area contributed by atoms with Gasteiger partial charge < -0.3 is 28.2 Å². The summed E-state index contributed by atoms with van der Waals surface area (Å²) in [6, 6.07) is 0. The van der Waals surface area contributed by atoms with E-state index < -0.39 is 35.5 Å². The number of rotatable bonds is 5. The van der Waals surface area contributed by atoms with E-state index in [4.69, 9.17) is 15.9 Å². The number of hydrogen-bond acceptors (Lipinski definition) is 4. The zero-order chi connectivity index (χ0) is 11.5. The summed E-state index contributed by atoms with van der Waals surface area (Å²) >= 11 is 0. The molecule has 0 aromatic heterocycles. The van der Waals surface area contributed by atoms with Crippen LogP contribution in [0, 0.1) is 12.8 Å². The van der Waals surface area contributed by atoms with E-state index in [1.165, 1.54) is 6.92 Å². The Balaban J connectivity index is -0.000000141. The number of ketones is 1. The van der Waals surface area contributed by atoms with Crippen LogP contribution in [0.2, 0.25) is 0 Å². The molecule has 0 bridgehead atoms. The zero-order valence-corrected chi connectivity index (χ0v) is 18.5. The first-order valence-corrected chi connectivity index (χ1v) is 3.57. The molecule has 0 aromatic rings. The van der Waals surface area contributed by atoms with Crippen LogP contribution in [0.5, 0.6) is 0 Å². The molecular formula is C8H11NO6Y3-2. The van der Waals surface area contributed by atoms with Gasteiger partial charge in [0.1, 0.15) is 0 Å². The number of carboxylic acids is 2. The van der Waals surface area contributed by atoms with E-state index in [1.807, 2.05) is 0 Å². The molecule has 0 aliphatic carbocycles. The van der Waals surface area contributed by atoms with Crippen LogP contribution >= 0.6 is 0 Å². The van der Waals surface area contributed by atoms with Crippen LogP contribution in [-0.2, 0) is 117 Å². The average molecular weight is 484 g/mol. The Hall–Kier alpha value is 1.39. The Bertz CT molecular complexity index is 284. The number of aliphatic carboxylic acids is 2. The Labute approximate surface area is 180 Å². The second-order valence-electron chi connectivity index (χ2n) is 2.47. The van der Waals surface area contributed by atoms with E-state index in [1.54, 1.807) is 0 Å². The third-order valence-corrected chi connectivity index (χ3v) is 1.72. The molecular weight excluding hydrogens is 473 g/mol. The topological polar surface area (TPSA) is 133 Å². The van der Waals surface area contributed by atoms with E-state index in [0.717, 1.165) is 0 Å². The first-order chi connectivity index (χ1) is 6.31. The van der Waals surface area contributed by atoms with Crippen LogP contribution in [0.25, 0.3) is 5.73 Å². The molecule has 0 atom stereocenters. The monoisotopic (exact) mass is 484 g/mol. The minimum atomic E-state index is -3.27. The number of Topliss-reactive ketones (excluding diaryl/α,β-unsaturated/α-hetero) is 1. The van der Waals surface area contributed by atoms with Crippen molar-refractivity contribution in [2.75, 3.05) is 0 Å². The van der Waals surface area contributed by atoms with Crippen molar-refractivity contribution in [3.8, 4) is 0 Å². The predicted octanol–water partition coefficient (Wildman–Crippen LogP) is 0.143. The third kappa shape index (κ3) is 6.23. The van der Waals surface area contributed by atoms with Crippen molar-refractivity contribution in [1.29, 1.82) is 0 Å². The predicted molar refractivity (Wildman–Crippen MR) is 48.7 cm³/mol. The van der Waals surface area contributed by atoms with Gasteiger partial charge in [-0.2, -0.15) is 0 Å². The minimum Gasteiger partial charge on any atom is -0.666 e. The molecule has 0 fully saturated rings. The van der Waals surface area contributed by atoms with Gasteiger partial charge in [-0.05, 0) is 0 Å². The van der Waals surface area contributed by atoms with Crippen LogP contribution in [0.4, 0.5) is 0 Å². The van der Waals surface area contributed by atoms with Gasteiger partial charge in [-0.1, -0.05) is 6.92 Å². The zero-order valence-electron chi connectivity index (χ0n) is 9.97. The maximum Gasteiger partial charge on any atom is 0.334 e. The van der Waals surface area contributed by atoms with Crippen LogP contribution in [0.3, 0.4) is 0 Å². The summed E-state index contributed by atoms with van der Waals surface area (Å²) in [5, 5.41) is 17.0. The maximum atomic E-state index is 11.1. The normalized spacial score (nSPS) is 8.28. The molecule has 0 rings (SSSR count). The quantitative estimate of drug-likeness (QED) is 0.422. The van der Waals surface area contributed by atoms with Gasteiger partial charge in [-0.3, -0.25) is 14.4 Å². The fourth-order valence-corrected chi connectivity index (χ4v) is 0.916. The van der Waals surface area contributed by atoms with Gasteiger partial charge in [0, 0.05) is 105 Å². The van der Waals surface area contributed by atoms with Crippen molar-refractivity contribution >= 4 is 23.6 Å². The second-order valence-corrected chi connectivity index (χ2v) is 2.47. The van der Waals surface area contributed by atoms with Gasteiger partial charge >= 0.3 is 11.9 Å². The van der Waals surface area contributed by atoms with E-state index >= 15 is 0 Å². The molecule has 0 aliphatic rings. The molecule has 95 valence electrons. The number of nitrogens with one attached hydrogen (secondary N) is 1. The van der Waals surface area contributed by atoms with Crippen LogP contribution in [-0.4, -0.2) is 33.8 Å². The van der Waals surface area contributed by atoms with E-state index in [9.17, 15) is 19.2 Å². The first kappa shape index (κ1) is 31.7. The summed E-state index contributed by atoms with van der Waals surface area (Å²) in [6.07, 6.45) is -0.441. The van der Waals surface area contributed by atoms with Gasteiger partial charge in [0.15, 0.2) is 5.78 Å². The van der Waals surface area contributed by atoms with E-state index in [0.29, 0.717) is 0 Å². The van der Waals surface area contributed by atoms with Crippen molar-refractivity contribution in [2.24, 2.45) is 5.41 Å². The van der Waals surface area contributed by atoms with Crippen molar-refractivity contribution < 1.29 is 128 Å². The molecule has 0 heterocycles. The summed E-state index contributed by atoms with van der Waals surface area (Å²) in [7, 11) is 0. The Morgan fingerprint density at radius 3 is 1.33 bits per heavy atom. The Morgan fingerprint density at radius 1 is 1.00 bits per heavy atom. The number of carboxylic acid groups (broad SMARTS) is 2. The standard InChI is InChI=1S/C7H9NO6.CH3.3Y/c1-2-3(9)7(4(8)10,5(11)12)6(13)14;;;;/h2H2,1H3,(H4,8,10,11,12,13,14);1H3;;;/q;-1;;;/p-1. The molecule has 1 amide bonds. The van der Waals surface area contributed by atoms with Crippen LogP contribution < -0.4 is 0 Å². The second kappa shape index (κ2) is 13.4. The summed E-state index contributed by atoms with van der Waals surface area (Å²) < 4.78 is 0. The molecule has 18 heavy (non-hydrogen) atoms. The van der Waals surface area contributed by atoms with Crippen LogP contribution in [0.1, 0.15) is 13.3 Å². The molecule has 0 unspecified atom stereocenters. The first-order valence-electron chi connectivity index (χ1n) is 3.57. The molecule has 0 saturated heterocycles. The largest absolute Gasteiger partial charge is 0.666 e. The van der Waals surface area contributed by atoms with Crippen molar-refractivity contribution in [3.05, 3.63) is 13.2 Å². The Kier molecular flexibility index (Phi) is 23.5. The van der Waals surface area contributed by atoms with Crippen LogP contribution in [0.15, 0.2) is 0 Å². The Morgan fingerprint density at radius 2 is 1.28 bits per heavy atom. The summed E-state index contributed by atoms with van der Waals surface area (Å²) in [5.74, 6) is -7.50. The number of hydrogen-bond donors (Lipinski definition) is 2. The molecule has 10 heteroatoms. The minimum absolute atomic E-state index is 0. The summed E-state index contributed by atoms with van der Waals surface area (Å²) in [5.41, 5.74) is 3.29. The molecule has 3 radical (unpaired) electrons. The van der Waals surface area contributed by atoms with Gasteiger partial charge in [-0.15, -0.1) is 0 Å². The fraction of sp³-hybridized carbons (Fsp3) is 0.375. The maximum absolute atomic E-state index is 11.1. The van der Waals surface area contributed by atoms with Crippen molar-refractivity contribution in [1.82, 2.24) is 0 Å². The van der Waals surface area contributed by atoms with Crippen molar-refractivity contribution in [2.45, 2.75) is 13.3 Å². The smallest absolute Gasteiger partial charge is 0.334 e. The van der Waals surface area contributed by atoms with Gasteiger partial charge in [0.25, 0.3) is 5.41 Å². The van der Waals surface area contributed by atoms with E-state index in [-0.39, 0.29) is 106 Å². The molecule has 3 N–H and O–H groups in total.